The van der Waals surface area contributed by atoms with Gasteiger partial charge >= 0.3 is 12.4 Å². The summed E-state index contributed by atoms with van der Waals surface area (Å²) in [6, 6.07) is 3.25. The summed E-state index contributed by atoms with van der Waals surface area (Å²) in [5.41, 5.74) is -1.98. The SMILES string of the molecule is N#Cc1[nH][nH]c1-c1cscc1-c1cc(C(F)(F)F)cc(C(F)(F)F)c1. The van der Waals surface area contributed by atoms with Crippen molar-refractivity contribution in [2.45, 2.75) is 12.4 Å². The second kappa shape index (κ2) is 5.70. The molecule has 1 aromatic carbocycles. The number of hydrogen-bond acceptors (Lipinski definition) is 2. The van der Waals surface area contributed by atoms with Crippen molar-refractivity contribution in [3.8, 4) is 28.5 Å². The molecular formula is C15H7F6N3S. The average molecular weight is 375 g/mol. The highest BCUT2D eigenvalue weighted by molar-refractivity contribution is 7.08. The van der Waals surface area contributed by atoms with Gasteiger partial charge in [0.25, 0.3) is 0 Å². The highest BCUT2D eigenvalue weighted by Gasteiger charge is 2.37. The number of hydrogen-bond donors (Lipinski definition) is 2. The Kier molecular flexibility index (Phi) is 3.91. The third-order valence-corrected chi connectivity index (χ3v) is 4.25. The first-order valence-corrected chi connectivity index (χ1v) is 7.58. The highest BCUT2D eigenvalue weighted by atomic mass is 32.1. The van der Waals surface area contributed by atoms with Crippen molar-refractivity contribution >= 4 is 11.3 Å². The molecule has 0 radical (unpaired) electrons. The van der Waals surface area contributed by atoms with Gasteiger partial charge in [-0.25, -0.2) is 0 Å². The van der Waals surface area contributed by atoms with Crippen LogP contribution in [-0.4, -0.2) is 10.2 Å². The molecule has 0 aliphatic rings. The minimum Gasteiger partial charge on any atom is -0.297 e. The van der Waals surface area contributed by atoms with Crippen LogP contribution in [-0.2, 0) is 12.4 Å². The van der Waals surface area contributed by atoms with Gasteiger partial charge in [-0.05, 0) is 29.1 Å². The Morgan fingerprint density at radius 3 is 1.84 bits per heavy atom. The molecule has 130 valence electrons. The lowest BCUT2D eigenvalue weighted by atomic mass is 9.97. The van der Waals surface area contributed by atoms with E-state index in [1.54, 1.807) is 5.38 Å². The van der Waals surface area contributed by atoms with Crippen LogP contribution in [0.4, 0.5) is 26.3 Å². The van der Waals surface area contributed by atoms with E-state index in [1.165, 1.54) is 5.38 Å². The molecule has 0 atom stereocenters. The summed E-state index contributed by atoms with van der Waals surface area (Å²) in [6.45, 7) is 0. The summed E-state index contributed by atoms with van der Waals surface area (Å²) in [5.74, 6) is 0. The van der Waals surface area contributed by atoms with Crippen LogP contribution in [0.15, 0.2) is 29.0 Å². The van der Waals surface area contributed by atoms with Gasteiger partial charge in [0.05, 0.1) is 16.8 Å². The van der Waals surface area contributed by atoms with Gasteiger partial charge < -0.3 is 0 Å². The summed E-state index contributed by atoms with van der Waals surface area (Å²) >= 11 is 1.10. The van der Waals surface area contributed by atoms with E-state index in [9.17, 15) is 26.3 Å². The lowest BCUT2D eigenvalue weighted by Gasteiger charge is -2.15. The van der Waals surface area contributed by atoms with Gasteiger partial charge in [0, 0.05) is 16.5 Å². The lowest BCUT2D eigenvalue weighted by Crippen LogP contribution is -2.11. The second-order valence-electron chi connectivity index (χ2n) is 5.11. The molecule has 2 heterocycles. The molecule has 0 spiro atoms. The van der Waals surface area contributed by atoms with Crippen molar-refractivity contribution < 1.29 is 26.3 Å². The normalized spacial score (nSPS) is 12.4. The quantitative estimate of drug-likeness (QED) is 0.559. The maximum Gasteiger partial charge on any atom is 0.416 e. The fourth-order valence-electron chi connectivity index (χ4n) is 2.30. The van der Waals surface area contributed by atoms with Crippen LogP contribution >= 0.6 is 11.3 Å². The van der Waals surface area contributed by atoms with Crippen LogP contribution in [0.25, 0.3) is 22.4 Å². The molecule has 3 aromatic rings. The van der Waals surface area contributed by atoms with Crippen LogP contribution in [0, 0.1) is 11.3 Å². The first-order valence-electron chi connectivity index (χ1n) is 6.64. The highest BCUT2D eigenvalue weighted by Crippen LogP contribution is 2.42. The molecule has 2 aromatic heterocycles. The van der Waals surface area contributed by atoms with E-state index >= 15 is 0 Å². The van der Waals surface area contributed by atoms with E-state index in [-0.39, 0.29) is 22.9 Å². The largest absolute Gasteiger partial charge is 0.416 e. The lowest BCUT2D eigenvalue weighted by molar-refractivity contribution is -0.143. The number of rotatable bonds is 2. The molecule has 0 aliphatic heterocycles. The Hall–Kier alpha value is -2.67. The maximum atomic E-state index is 13.0. The molecule has 10 heteroatoms. The second-order valence-corrected chi connectivity index (χ2v) is 5.85. The zero-order valence-electron chi connectivity index (χ0n) is 12.0. The molecule has 0 unspecified atom stereocenters. The number of aromatic amines is 2. The monoisotopic (exact) mass is 375 g/mol. The van der Waals surface area contributed by atoms with E-state index in [2.05, 4.69) is 10.2 Å². The van der Waals surface area contributed by atoms with Crippen LogP contribution in [0.1, 0.15) is 16.8 Å². The number of H-pyrrole nitrogens is 2. The number of halogens is 6. The third-order valence-electron chi connectivity index (χ3n) is 3.50. The van der Waals surface area contributed by atoms with Crippen molar-refractivity contribution in [1.82, 2.24) is 10.2 Å². The topological polar surface area (TPSA) is 55.4 Å². The predicted molar refractivity (Wildman–Crippen MR) is 78.6 cm³/mol. The molecular weight excluding hydrogens is 368 g/mol. The number of alkyl halides is 6. The van der Waals surface area contributed by atoms with Crippen LogP contribution < -0.4 is 0 Å². The zero-order valence-corrected chi connectivity index (χ0v) is 12.8. The third kappa shape index (κ3) is 3.15. The van der Waals surface area contributed by atoms with Crippen molar-refractivity contribution in [3.63, 3.8) is 0 Å². The van der Waals surface area contributed by atoms with Crippen molar-refractivity contribution in [2.75, 3.05) is 0 Å². The molecule has 0 aliphatic carbocycles. The fourth-order valence-corrected chi connectivity index (χ4v) is 3.15. The molecule has 2 N–H and O–H groups in total. The van der Waals surface area contributed by atoms with E-state index in [0.29, 0.717) is 23.4 Å². The number of nitrogens with one attached hydrogen (secondary N) is 2. The van der Waals surface area contributed by atoms with Crippen LogP contribution in [0.3, 0.4) is 0 Å². The summed E-state index contributed by atoms with van der Waals surface area (Å²) in [7, 11) is 0. The Balaban J connectivity index is 2.20. The van der Waals surface area contributed by atoms with E-state index in [4.69, 9.17) is 5.26 Å². The van der Waals surface area contributed by atoms with Gasteiger partial charge in [0.1, 0.15) is 6.07 Å². The van der Waals surface area contributed by atoms with Crippen molar-refractivity contribution in [1.29, 1.82) is 5.26 Å². The Morgan fingerprint density at radius 1 is 0.840 bits per heavy atom. The first kappa shape index (κ1) is 17.2. The number of nitriles is 1. The van der Waals surface area contributed by atoms with E-state index in [1.807, 2.05) is 6.07 Å². The smallest absolute Gasteiger partial charge is 0.297 e. The maximum absolute atomic E-state index is 13.0. The summed E-state index contributed by atoms with van der Waals surface area (Å²) in [6.07, 6.45) is -9.83. The number of nitrogens with zero attached hydrogens (tertiary/aromatic N) is 1. The van der Waals surface area contributed by atoms with E-state index < -0.39 is 23.5 Å². The molecule has 3 rings (SSSR count). The molecule has 0 saturated heterocycles. The fraction of sp³-hybridized carbons (Fsp3) is 0.133. The molecule has 25 heavy (non-hydrogen) atoms. The summed E-state index contributed by atoms with van der Waals surface area (Å²) < 4.78 is 77.9. The molecule has 0 saturated carbocycles. The first-order chi connectivity index (χ1) is 11.6. The Bertz CT molecular complexity index is 919. The molecule has 3 nitrogen and oxygen atoms in total. The molecule has 0 amide bonds. The minimum atomic E-state index is -4.92. The Morgan fingerprint density at radius 2 is 1.40 bits per heavy atom. The van der Waals surface area contributed by atoms with Gasteiger partial charge in [-0.15, -0.1) is 0 Å². The van der Waals surface area contributed by atoms with E-state index in [0.717, 1.165) is 11.3 Å². The van der Waals surface area contributed by atoms with Crippen molar-refractivity contribution in [2.24, 2.45) is 0 Å². The summed E-state index contributed by atoms with van der Waals surface area (Å²) in [5, 5.41) is 17.0. The zero-order chi connectivity index (χ0) is 18.4. The van der Waals surface area contributed by atoms with Gasteiger partial charge in [0.2, 0.25) is 0 Å². The number of benzene rings is 1. The van der Waals surface area contributed by atoms with Gasteiger partial charge in [0.15, 0.2) is 5.69 Å². The van der Waals surface area contributed by atoms with Gasteiger partial charge in [-0.3, -0.25) is 10.2 Å². The standard InChI is InChI=1S/C15H7F6N3S/c16-14(17,18)8-1-7(2-9(3-8)15(19,20)21)10-5-25-6-11(10)13-12(4-22)23-24-13/h1-3,5-6,23-24H. The van der Waals surface area contributed by atoms with Crippen LogP contribution in [0.5, 0.6) is 0 Å². The molecule has 0 bridgehead atoms. The molecule has 0 fully saturated rings. The summed E-state index contributed by atoms with van der Waals surface area (Å²) in [4.78, 5) is 0. The van der Waals surface area contributed by atoms with Crippen LogP contribution in [0.2, 0.25) is 0 Å². The number of thiophene rings is 1. The van der Waals surface area contributed by atoms with Gasteiger partial charge in [-0.1, -0.05) is 0 Å². The van der Waals surface area contributed by atoms with Crippen molar-refractivity contribution in [3.05, 3.63) is 45.8 Å². The average Bonchev–Trinajstić information content (AvgIpc) is 2.93. The Labute approximate surface area is 140 Å². The predicted octanol–water partition coefficient (Wildman–Crippen LogP) is 5.65. The minimum absolute atomic E-state index is 0.0820. The van der Waals surface area contributed by atoms with Gasteiger partial charge in [-0.2, -0.15) is 42.9 Å². The number of aromatic nitrogens is 2.